The number of ether oxygens (including phenoxy) is 1. The third kappa shape index (κ3) is 7.59. The first-order valence-electron chi connectivity index (χ1n) is 13.8. The maximum atomic E-state index is 14.0. The van der Waals surface area contributed by atoms with E-state index in [1.54, 1.807) is 37.3 Å². The van der Waals surface area contributed by atoms with Gasteiger partial charge in [-0.05, 0) is 55.7 Å². The first-order chi connectivity index (χ1) is 19.7. The summed E-state index contributed by atoms with van der Waals surface area (Å²) in [5.74, 6) is -0.407. The molecule has 1 aliphatic carbocycles. The summed E-state index contributed by atoms with van der Waals surface area (Å²) in [5, 5.41) is 3.31. The Morgan fingerprint density at radius 3 is 2.22 bits per heavy atom. The second kappa shape index (κ2) is 13.9. The smallest absolute Gasteiger partial charge is 0.264 e. The first kappa shape index (κ1) is 30.4. The zero-order valence-corrected chi connectivity index (χ0v) is 24.9. The summed E-state index contributed by atoms with van der Waals surface area (Å²) in [6.45, 7) is 1.29. The van der Waals surface area contributed by atoms with Gasteiger partial charge < -0.3 is 15.0 Å². The number of hydrogen-bond acceptors (Lipinski definition) is 5. The van der Waals surface area contributed by atoms with E-state index in [-0.39, 0.29) is 34.1 Å². The van der Waals surface area contributed by atoms with Gasteiger partial charge in [0, 0.05) is 12.6 Å². The summed E-state index contributed by atoms with van der Waals surface area (Å²) < 4.78 is 34.0. The molecule has 3 aromatic carbocycles. The van der Waals surface area contributed by atoms with Crippen molar-refractivity contribution in [3.05, 3.63) is 89.4 Å². The van der Waals surface area contributed by atoms with Crippen molar-refractivity contribution in [3.63, 3.8) is 0 Å². The number of methoxy groups -OCH3 is 1. The summed E-state index contributed by atoms with van der Waals surface area (Å²) in [4.78, 5) is 28.9. The van der Waals surface area contributed by atoms with Crippen molar-refractivity contribution in [3.8, 4) is 5.75 Å². The van der Waals surface area contributed by atoms with E-state index in [2.05, 4.69) is 5.32 Å². The van der Waals surface area contributed by atoms with E-state index >= 15 is 0 Å². The van der Waals surface area contributed by atoms with Crippen LogP contribution in [-0.2, 0) is 26.2 Å². The molecule has 0 spiro atoms. The van der Waals surface area contributed by atoms with Gasteiger partial charge in [0.1, 0.15) is 18.3 Å². The Morgan fingerprint density at radius 1 is 0.976 bits per heavy atom. The third-order valence-electron chi connectivity index (χ3n) is 7.35. The number of hydrogen-bond donors (Lipinski definition) is 1. The van der Waals surface area contributed by atoms with Gasteiger partial charge in [0.25, 0.3) is 10.0 Å². The van der Waals surface area contributed by atoms with Gasteiger partial charge in [0.2, 0.25) is 11.8 Å². The number of halogens is 1. The average Bonchev–Trinajstić information content (AvgIpc) is 2.99. The Kier molecular flexibility index (Phi) is 10.3. The summed E-state index contributed by atoms with van der Waals surface area (Å²) in [7, 11) is -2.71. The average molecular weight is 598 g/mol. The zero-order valence-electron chi connectivity index (χ0n) is 23.3. The van der Waals surface area contributed by atoms with E-state index in [1.165, 1.54) is 30.2 Å². The predicted octanol–water partition coefficient (Wildman–Crippen LogP) is 5.41. The second-order valence-electron chi connectivity index (χ2n) is 10.2. The molecule has 1 saturated carbocycles. The van der Waals surface area contributed by atoms with Gasteiger partial charge >= 0.3 is 0 Å². The number of rotatable bonds is 11. The second-order valence-corrected chi connectivity index (χ2v) is 12.4. The van der Waals surface area contributed by atoms with Crippen LogP contribution in [0, 0.1) is 0 Å². The van der Waals surface area contributed by atoms with Crippen LogP contribution in [0.15, 0.2) is 83.8 Å². The molecule has 0 aliphatic heterocycles. The van der Waals surface area contributed by atoms with Crippen LogP contribution in [0.1, 0.15) is 44.6 Å². The molecule has 1 N–H and O–H groups in total. The molecule has 0 unspecified atom stereocenters. The molecule has 4 rings (SSSR count). The molecule has 41 heavy (non-hydrogen) atoms. The lowest BCUT2D eigenvalue weighted by Crippen LogP contribution is -2.53. The topological polar surface area (TPSA) is 96.0 Å². The van der Waals surface area contributed by atoms with Gasteiger partial charge in [-0.15, -0.1) is 0 Å². The van der Waals surface area contributed by atoms with Crippen LogP contribution in [-0.4, -0.2) is 50.9 Å². The van der Waals surface area contributed by atoms with E-state index in [1.807, 2.05) is 30.3 Å². The van der Waals surface area contributed by atoms with Crippen LogP contribution in [0.2, 0.25) is 5.02 Å². The van der Waals surface area contributed by atoms with Crippen LogP contribution in [0.3, 0.4) is 0 Å². The third-order valence-corrected chi connectivity index (χ3v) is 9.43. The van der Waals surface area contributed by atoms with Gasteiger partial charge in [-0.25, -0.2) is 8.42 Å². The highest BCUT2D eigenvalue weighted by Crippen LogP contribution is 2.32. The monoisotopic (exact) mass is 597 g/mol. The Hall–Kier alpha value is -3.56. The Balaban J connectivity index is 1.68. The van der Waals surface area contributed by atoms with Gasteiger partial charge in [-0.2, -0.15) is 0 Å². The Morgan fingerprint density at radius 2 is 1.61 bits per heavy atom. The molecular formula is C31H36ClN3O5S. The molecule has 3 aromatic rings. The number of nitrogens with one attached hydrogen (secondary N) is 1. The number of anilines is 1. The minimum absolute atomic E-state index is 0.0254. The van der Waals surface area contributed by atoms with Crippen molar-refractivity contribution in [2.45, 2.75) is 62.6 Å². The van der Waals surface area contributed by atoms with Crippen molar-refractivity contribution >= 4 is 39.1 Å². The van der Waals surface area contributed by atoms with Gasteiger partial charge in [0.05, 0.1) is 22.7 Å². The lowest BCUT2D eigenvalue weighted by Gasteiger charge is -2.33. The molecule has 2 amide bonds. The predicted molar refractivity (Wildman–Crippen MR) is 160 cm³/mol. The van der Waals surface area contributed by atoms with Crippen molar-refractivity contribution in [1.82, 2.24) is 10.2 Å². The van der Waals surface area contributed by atoms with E-state index in [9.17, 15) is 18.0 Å². The van der Waals surface area contributed by atoms with Crippen LogP contribution in [0.4, 0.5) is 5.69 Å². The van der Waals surface area contributed by atoms with Crippen LogP contribution in [0.5, 0.6) is 5.75 Å². The summed E-state index contributed by atoms with van der Waals surface area (Å²) >= 11 is 6.37. The molecule has 0 aromatic heterocycles. The lowest BCUT2D eigenvalue weighted by molar-refractivity contribution is -0.139. The number of nitrogens with zero attached hydrogens (tertiary/aromatic N) is 2. The fourth-order valence-electron chi connectivity index (χ4n) is 4.99. The molecule has 8 nitrogen and oxygen atoms in total. The molecule has 0 saturated heterocycles. The maximum absolute atomic E-state index is 14.0. The normalized spacial score (nSPS) is 14.6. The van der Waals surface area contributed by atoms with Crippen LogP contribution >= 0.6 is 11.6 Å². The fourth-order valence-corrected chi connectivity index (χ4v) is 6.67. The van der Waals surface area contributed by atoms with Crippen molar-refractivity contribution < 1.29 is 22.7 Å². The van der Waals surface area contributed by atoms with E-state index in [4.69, 9.17) is 16.3 Å². The van der Waals surface area contributed by atoms with Crippen LogP contribution in [0.25, 0.3) is 0 Å². The van der Waals surface area contributed by atoms with Gasteiger partial charge in [-0.1, -0.05) is 79.4 Å². The minimum Gasteiger partial charge on any atom is -0.495 e. The fraction of sp³-hybridized carbons (Fsp3) is 0.355. The lowest BCUT2D eigenvalue weighted by atomic mass is 9.95. The number of benzene rings is 3. The van der Waals surface area contributed by atoms with Crippen molar-refractivity contribution in [2.75, 3.05) is 18.0 Å². The highest BCUT2D eigenvalue weighted by molar-refractivity contribution is 7.92. The van der Waals surface area contributed by atoms with E-state index < -0.39 is 28.5 Å². The Labute approximate surface area is 247 Å². The van der Waals surface area contributed by atoms with Gasteiger partial charge in [0.15, 0.2) is 0 Å². The summed E-state index contributed by atoms with van der Waals surface area (Å²) in [6.07, 6.45) is 5.09. The van der Waals surface area contributed by atoms with E-state index in [0.29, 0.717) is 5.75 Å². The molecule has 10 heteroatoms. The number of carbonyl (C=O) groups excluding carboxylic acids is 2. The minimum atomic E-state index is -4.17. The van der Waals surface area contributed by atoms with Gasteiger partial charge in [-0.3, -0.25) is 13.9 Å². The highest BCUT2D eigenvalue weighted by Gasteiger charge is 2.33. The quantitative estimate of drug-likeness (QED) is 0.319. The Bertz CT molecular complexity index is 1430. The molecule has 0 heterocycles. The maximum Gasteiger partial charge on any atom is 0.264 e. The first-order valence-corrected chi connectivity index (χ1v) is 15.6. The molecular weight excluding hydrogens is 562 g/mol. The number of sulfonamides is 1. The molecule has 0 radical (unpaired) electrons. The summed E-state index contributed by atoms with van der Waals surface area (Å²) in [6, 6.07) is 21.0. The molecule has 218 valence electrons. The van der Waals surface area contributed by atoms with Crippen LogP contribution < -0.4 is 14.4 Å². The summed E-state index contributed by atoms with van der Waals surface area (Å²) in [5.41, 5.74) is 1.02. The molecule has 1 atom stereocenters. The number of amides is 2. The van der Waals surface area contributed by atoms with E-state index in [0.717, 1.165) is 42.0 Å². The molecule has 1 aliphatic rings. The largest absolute Gasteiger partial charge is 0.495 e. The van der Waals surface area contributed by atoms with Crippen molar-refractivity contribution in [1.29, 1.82) is 0 Å². The van der Waals surface area contributed by atoms with Crippen molar-refractivity contribution in [2.24, 2.45) is 0 Å². The number of carbonyl (C=O) groups is 2. The molecule has 0 bridgehead atoms. The SMILES string of the molecule is COc1ccc(N(CC(=O)N(Cc2ccccc2)[C@@H](C)C(=O)NC2CCCCC2)S(=O)(=O)c2ccccc2)cc1Cl. The standard InChI is InChI=1S/C31H36ClN3O5S/c1-23(31(37)33-25-14-8-4-9-15-25)34(21-24-12-6-3-7-13-24)30(36)22-35(26-18-19-29(40-2)28(32)20-26)41(38,39)27-16-10-5-11-17-27/h3,5-7,10-13,16-20,23,25H,4,8-9,14-15,21-22H2,1-2H3,(H,33,37)/t23-/m0/s1. The highest BCUT2D eigenvalue weighted by atomic mass is 35.5. The zero-order chi connectivity index (χ0) is 29.4. The molecule has 1 fully saturated rings.